The summed E-state index contributed by atoms with van der Waals surface area (Å²) in [6.45, 7) is 3.49. The fourth-order valence-corrected chi connectivity index (χ4v) is 5.05. The first-order chi connectivity index (χ1) is 13.8. The molecular formula is C22H18N2O3S2. The predicted octanol–water partition coefficient (Wildman–Crippen LogP) is 5.28. The molecule has 0 saturated carbocycles. The van der Waals surface area contributed by atoms with Crippen LogP contribution in [0.25, 0.3) is 20.8 Å². The third-order valence-electron chi connectivity index (χ3n) is 4.50. The van der Waals surface area contributed by atoms with Gasteiger partial charge >= 0.3 is 0 Å². The fourth-order valence-electron chi connectivity index (χ4n) is 2.92. The van der Waals surface area contributed by atoms with Crippen molar-refractivity contribution in [3.8, 4) is 10.6 Å². The second kappa shape index (κ2) is 7.42. The molecule has 7 heteroatoms. The molecule has 0 bridgehead atoms. The molecular weight excluding hydrogens is 404 g/mol. The number of benzene rings is 3. The summed E-state index contributed by atoms with van der Waals surface area (Å²) in [5.41, 5.74) is 4.00. The van der Waals surface area contributed by atoms with Crippen molar-refractivity contribution in [2.24, 2.45) is 0 Å². The molecule has 0 unspecified atom stereocenters. The number of nitrogens with zero attached hydrogens (tertiary/aromatic N) is 1. The molecule has 0 amide bonds. The lowest BCUT2D eigenvalue weighted by Crippen LogP contribution is -2.13. The minimum atomic E-state index is -3.73. The maximum Gasteiger partial charge on any atom is 0.261 e. The van der Waals surface area contributed by atoms with E-state index < -0.39 is 10.0 Å². The summed E-state index contributed by atoms with van der Waals surface area (Å²) in [4.78, 5) is 16.1. The van der Waals surface area contributed by atoms with E-state index in [0.717, 1.165) is 20.8 Å². The Balaban J connectivity index is 1.56. The van der Waals surface area contributed by atoms with E-state index in [4.69, 9.17) is 0 Å². The average Bonchev–Trinajstić information content (AvgIpc) is 3.11. The van der Waals surface area contributed by atoms with E-state index in [2.05, 4.69) is 15.8 Å². The second-order valence-electron chi connectivity index (χ2n) is 6.75. The van der Waals surface area contributed by atoms with E-state index in [1.54, 1.807) is 23.5 Å². The lowest BCUT2D eigenvalue weighted by molar-refractivity contribution is 0.101. The maximum absolute atomic E-state index is 12.6. The molecule has 1 aromatic heterocycles. The van der Waals surface area contributed by atoms with Crippen LogP contribution in [-0.2, 0) is 10.0 Å². The summed E-state index contributed by atoms with van der Waals surface area (Å²) in [6.07, 6.45) is 0. The molecule has 0 aliphatic carbocycles. The van der Waals surface area contributed by atoms with Gasteiger partial charge in [-0.1, -0.05) is 18.2 Å². The van der Waals surface area contributed by atoms with E-state index in [0.29, 0.717) is 11.3 Å². The first kappa shape index (κ1) is 19.3. The van der Waals surface area contributed by atoms with Crippen molar-refractivity contribution in [2.45, 2.75) is 18.7 Å². The van der Waals surface area contributed by atoms with Crippen LogP contribution in [0.5, 0.6) is 0 Å². The number of anilines is 1. The Morgan fingerprint density at radius 1 is 0.966 bits per heavy atom. The van der Waals surface area contributed by atoms with Crippen LogP contribution < -0.4 is 4.72 Å². The van der Waals surface area contributed by atoms with Gasteiger partial charge in [-0.15, -0.1) is 11.3 Å². The quantitative estimate of drug-likeness (QED) is 0.444. The number of fused-ring (bicyclic) bond motifs is 1. The van der Waals surface area contributed by atoms with E-state index in [1.165, 1.54) is 36.8 Å². The summed E-state index contributed by atoms with van der Waals surface area (Å²) in [5.74, 6) is -0.109. The van der Waals surface area contributed by atoms with Gasteiger partial charge in [0.2, 0.25) is 0 Å². The van der Waals surface area contributed by atoms with Crippen molar-refractivity contribution in [3.05, 3.63) is 77.9 Å². The van der Waals surface area contributed by atoms with Crippen LogP contribution in [0.1, 0.15) is 22.8 Å². The number of carbonyl (C=O) groups excluding carboxylic acids is 1. The average molecular weight is 423 g/mol. The summed E-state index contributed by atoms with van der Waals surface area (Å²) in [7, 11) is -3.73. The van der Waals surface area contributed by atoms with Gasteiger partial charge in [0, 0.05) is 16.8 Å². The van der Waals surface area contributed by atoms with E-state index in [-0.39, 0.29) is 10.7 Å². The number of Topliss-reactive ketones (excluding diaryl/α,β-unsaturated/α-hetero) is 1. The number of sulfonamides is 1. The molecule has 146 valence electrons. The van der Waals surface area contributed by atoms with Crippen molar-refractivity contribution in [1.82, 2.24) is 4.98 Å². The molecule has 29 heavy (non-hydrogen) atoms. The van der Waals surface area contributed by atoms with Gasteiger partial charge in [0.15, 0.2) is 5.78 Å². The van der Waals surface area contributed by atoms with Crippen molar-refractivity contribution in [3.63, 3.8) is 0 Å². The molecule has 0 saturated heterocycles. The van der Waals surface area contributed by atoms with Gasteiger partial charge in [0.1, 0.15) is 5.01 Å². The third-order valence-corrected chi connectivity index (χ3v) is 6.96. The number of hydrogen-bond donors (Lipinski definition) is 1. The number of ketones is 1. The Bertz CT molecular complexity index is 1310. The SMILES string of the molecule is CC(=O)c1ccc(S(=O)(=O)Nc2ccc(-c3nc4ccc(C)cc4s3)cc2)cc1. The molecule has 0 spiro atoms. The molecule has 1 N–H and O–H groups in total. The van der Waals surface area contributed by atoms with Crippen molar-refractivity contribution >= 4 is 43.0 Å². The van der Waals surface area contributed by atoms with Gasteiger partial charge in [-0.25, -0.2) is 13.4 Å². The third kappa shape index (κ3) is 4.06. The zero-order valence-corrected chi connectivity index (χ0v) is 17.5. The number of carbonyl (C=O) groups is 1. The molecule has 0 aliphatic rings. The molecule has 3 aromatic carbocycles. The molecule has 1 heterocycles. The fraction of sp³-hybridized carbons (Fsp3) is 0.0909. The molecule has 0 aliphatic heterocycles. The zero-order valence-electron chi connectivity index (χ0n) is 15.8. The lowest BCUT2D eigenvalue weighted by Gasteiger charge is -2.09. The Hall–Kier alpha value is -3.03. The highest BCUT2D eigenvalue weighted by molar-refractivity contribution is 7.92. The van der Waals surface area contributed by atoms with Gasteiger partial charge in [0.25, 0.3) is 10.0 Å². The normalized spacial score (nSPS) is 11.5. The number of hydrogen-bond acceptors (Lipinski definition) is 5. The van der Waals surface area contributed by atoms with E-state index >= 15 is 0 Å². The monoisotopic (exact) mass is 422 g/mol. The van der Waals surface area contributed by atoms with Crippen LogP contribution in [0.2, 0.25) is 0 Å². The highest BCUT2D eigenvalue weighted by Gasteiger charge is 2.15. The van der Waals surface area contributed by atoms with Crippen molar-refractivity contribution < 1.29 is 13.2 Å². The topological polar surface area (TPSA) is 76.1 Å². The standard InChI is InChI=1S/C22H18N2O3S2/c1-14-3-12-20-21(13-14)28-22(23-20)17-4-8-18(9-5-17)24-29(26,27)19-10-6-16(7-11-19)15(2)25/h3-13,24H,1-2H3. The van der Waals surface area contributed by atoms with Crippen LogP contribution in [0, 0.1) is 6.92 Å². The van der Waals surface area contributed by atoms with Crippen LogP contribution in [-0.4, -0.2) is 19.2 Å². The van der Waals surface area contributed by atoms with Gasteiger partial charge in [-0.05, 0) is 67.9 Å². The van der Waals surface area contributed by atoms with Crippen LogP contribution in [0.4, 0.5) is 5.69 Å². The smallest absolute Gasteiger partial charge is 0.261 e. The number of aryl methyl sites for hydroxylation is 1. The Morgan fingerprint density at radius 2 is 1.66 bits per heavy atom. The highest BCUT2D eigenvalue weighted by atomic mass is 32.2. The number of nitrogens with one attached hydrogen (secondary N) is 1. The largest absolute Gasteiger partial charge is 0.295 e. The zero-order chi connectivity index (χ0) is 20.6. The lowest BCUT2D eigenvalue weighted by atomic mass is 10.2. The van der Waals surface area contributed by atoms with Gasteiger partial charge < -0.3 is 0 Å². The molecule has 4 aromatic rings. The van der Waals surface area contributed by atoms with Crippen molar-refractivity contribution in [1.29, 1.82) is 0 Å². The van der Waals surface area contributed by atoms with Crippen molar-refractivity contribution in [2.75, 3.05) is 4.72 Å². The minimum absolute atomic E-state index is 0.105. The molecule has 4 rings (SSSR count). The highest BCUT2D eigenvalue weighted by Crippen LogP contribution is 2.31. The Labute approximate surface area is 173 Å². The van der Waals surface area contributed by atoms with Gasteiger partial charge in [0.05, 0.1) is 15.1 Å². The molecule has 0 fully saturated rings. The summed E-state index contributed by atoms with van der Waals surface area (Å²) < 4.78 is 28.9. The predicted molar refractivity (Wildman–Crippen MR) is 117 cm³/mol. The molecule has 5 nitrogen and oxygen atoms in total. The van der Waals surface area contributed by atoms with Crippen LogP contribution >= 0.6 is 11.3 Å². The Morgan fingerprint density at radius 3 is 2.31 bits per heavy atom. The number of thiazole rings is 1. The van der Waals surface area contributed by atoms with Gasteiger partial charge in [-0.2, -0.15) is 0 Å². The summed E-state index contributed by atoms with van der Waals surface area (Å²) in [6, 6.07) is 19.1. The van der Waals surface area contributed by atoms with Gasteiger partial charge in [-0.3, -0.25) is 9.52 Å². The summed E-state index contributed by atoms with van der Waals surface area (Å²) in [5, 5.41) is 0.889. The molecule has 0 atom stereocenters. The summed E-state index contributed by atoms with van der Waals surface area (Å²) >= 11 is 1.61. The Kier molecular flexibility index (Phi) is 4.94. The number of aromatic nitrogens is 1. The first-order valence-electron chi connectivity index (χ1n) is 8.93. The molecule has 0 radical (unpaired) electrons. The van der Waals surface area contributed by atoms with Crippen LogP contribution in [0.3, 0.4) is 0 Å². The number of rotatable bonds is 5. The minimum Gasteiger partial charge on any atom is -0.295 e. The van der Waals surface area contributed by atoms with E-state index in [1.807, 2.05) is 31.2 Å². The maximum atomic E-state index is 12.6. The van der Waals surface area contributed by atoms with Crippen LogP contribution in [0.15, 0.2) is 71.6 Å². The van der Waals surface area contributed by atoms with E-state index in [9.17, 15) is 13.2 Å². The first-order valence-corrected chi connectivity index (χ1v) is 11.2. The second-order valence-corrected chi connectivity index (χ2v) is 9.47.